The van der Waals surface area contributed by atoms with Crippen LogP contribution in [0.15, 0.2) is 67.0 Å². The lowest BCUT2D eigenvalue weighted by atomic mass is 10.0. The molecule has 0 fully saturated rings. The van der Waals surface area contributed by atoms with Gasteiger partial charge in [0.2, 0.25) is 0 Å². The largest absolute Gasteiger partial charge is 0.573 e. The lowest BCUT2D eigenvalue weighted by Crippen LogP contribution is -2.16. The van der Waals surface area contributed by atoms with E-state index in [1.54, 1.807) is 42.7 Å². The van der Waals surface area contributed by atoms with Gasteiger partial charge in [-0.1, -0.05) is 6.07 Å². The molecule has 0 N–H and O–H groups in total. The lowest BCUT2D eigenvalue weighted by Gasteiger charge is -2.09. The quantitative estimate of drug-likeness (QED) is 0.632. The molecular weight excluding hydrogens is 345 g/mol. The Labute approximate surface area is 147 Å². The molecule has 132 valence electrons. The smallest absolute Gasteiger partial charge is 0.406 e. The summed E-state index contributed by atoms with van der Waals surface area (Å²) in [5, 5.41) is 0. The van der Waals surface area contributed by atoms with E-state index < -0.39 is 6.36 Å². The Morgan fingerprint density at radius 3 is 2.38 bits per heavy atom. The van der Waals surface area contributed by atoms with Crippen LogP contribution in [0.4, 0.5) is 13.2 Å². The molecule has 0 aliphatic rings. The molecule has 0 aliphatic carbocycles. The fraction of sp³-hybridized carbons (Fsp3) is 0.105. The molecule has 0 radical (unpaired) electrons. The van der Waals surface area contributed by atoms with Gasteiger partial charge in [0.25, 0.3) is 0 Å². The van der Waals surface area contributed by atoms with E-state index in [1.165, 1.54) is 24.3 Å². The number of ketones is 1. The van der Waals surface area contributed by atoms with Gasteiger partial charge in [-0.3, -0.25) is 14.8 Å². The van der Waals surface area contributed by atoms with Crippen molar-refractivity contribution in [1.82, 2.24) is 9.97 Å². The second-order valence-corrected chi connectivity index (χ2v) is 5.44. The van der Waals surface area contributed by atoms with Crippen LogP contribution in [0.3, 0.4) is 0 Å². The van der Waals surface area contributed by atoms with Gasteiger partial charge in [0, 0.05) is 24.4 Å². The number of hydrogen-bond acceptors (Lipinski definition) is 4. The summed E-state index contributed by atoms with van der Waals surface area (Å²) in [6.45, 7) is 0. The van der Waals surface area contributed by atoms with Crippen LogP contribution in [-0.4, -0.2) is 22.1 Å². The number of ether oxygens (including phenoxy) is 1. The molecule has 3 rings (SSSR count). The van der Waals surface area contributed by atoms with Crippen LogP contribution in [0.5, 0.6) is 5.75 Å². The van der Waals surface area contributed by atoms with Crippen molar-refractivity contribution in [1.29, 1.82) is 0 Å². The maximum atomic E-state index is 12.2. The number of nitrogens with zero attached hydrogens (tertiary/aromatic N) is 2. The molecule has 0 spiro atoms. The summed E-state index contributed by atoms with van der Waals surface area (Å²) >= 11 is 0. The van der Waals surface area contributed by atoms with Crippen molar-refractivity contribution in [3.8, 4) is 17.0 Å². The summed E-state index contributed by atoms with van der Waals surface area (Å²) in [5.41, 5.74) is 2.28. The maximum Gasteiger partial charge on any atom is 0.573 e. The van der Waals surface area contributed by atoms with Crippen LogP contribution in [-0.2, 0) is 6.42 Å². The van der Waals surface area contributed by atoms with Gasteiger partial charge >= 0.3 is 6.36 Å². The standard InChI is InChI=1S/C19H13F3N2O2/c20-19(21,22)26-15-6-4-14(5-7-15)17-11-13(8-10-24-17)12-18(25)16-3-1-2-9-23-16/h1-11H,12H2. The van der Waals surface area contributed by atoms with Crippen molar-refractivity contribution >= 4 is 5.78 Å². The summed E-state index contributed by atoms with van der Waals surface area (Å²) in [7, 11) is 0. The first-order valence-electron chi connectivity index (χ1n) is 7.66. The zero-order valence-corrected chi connectivity index (χ0v) is 13.4. The molecular formula is C19H13F3N2O2. The van der Waals surface area contributed by atoms with E-state index in [-0.39, 0.29) is 18.0 Å². The molecule has 26 heavy (non-hydrogen) atoms. The Kier molecular flexibility index (Phi) is 4.97. The Morgan fingerprint density at radius 1 is 0.962 bits per heavy atom. The highest BCUT2D eigenvalue weighted by atomic mass is 19.4. The first-order valence-corrected chi connectivity index (χ1v) is 7.66. The summed E-state index contributed by atoms with van der Waals surface area (Å²) in [6.07, 6.45) is -1.47. The molecule has 0 unspecified atom stereocenters. The maximum absolute atomic E-state index is 12.2. The summed E-state index contributed by atoms with van der Waals surface area (Å²) in [4.78, 5) is 20.5. The number of hydrogen-bond donors (Lipinski definition) is 0. The van der Waals surface area contributed by atoms with Crippen molar-refractivity contribution in [3.05, 3.63) is 78.2 Å². The molecule has 2 aromatic heterocycles. The molecule has 7 heteroatoms. The third-order valence-corrected chi connectivity index (χ3v) is 3.52. The highest BCUT2D eigenvalue weighted by Gasteiger charge is 2.30. The van der Waals surface area contributed by atoms with E-state index in [9.17, 15) is 18.0 Å². The predicted molar refractivity (Wildman–Crippen MR) is 88.6 cm³/mol. The molecule has 4 nitrogen and oxygen atoms in total. The fourth-order valence-electron chi connectivity index (χ4n) is 2.37. The van der Waals surface area contributed by atoms with Crippen LogP contribution < -0.4 is 4.74 Å². The zero-order valence-electron chi connectivity index (χ0n) is 13.4. The van der Waals surface area contributed by atoms with Gasteiger partial charge in [0.15, 0.2) is 5.78 Å². The van der Waals surface area contributed by atoms with Gasteiger partial charge in [0.05, 0.1) is 5.69 Å². The highest BCUT2D eigenvalue weighted by molar-refractivity contribution is 5.95. The minimum Gasteiger partial charge on any atom is -0.406 e. The minimum absolute atomic E-state index is 0.128. The fourth-order valence-corrected chi connectivity index (χ4v) is 2.37. The average molecular weight is 358 g/mol. The predicted octanol–water partition coefficient (Wildman–Crippen LogP) is 4.47. The van der Waals surface area contributed by atoms with E-state index in [2.05, 4.69) is 14.7 Å². The number of Topliss-reactive ketones (excluding diaryl/α,β-unsaturated/α-hetero) is 1. The lowest BCUT2D eigenvalue weighted by molar-refractivity contribution is -0.274. The Hall–Kier alpha value is -3.22. The SMILES string of the molecule is O=C(Cc1ccnc(-c2ccc(OC(F)(F)F)cc2)c1)c1ccccn1. The average Bonchev–Trinajstić information content (AvgIpc) is 2.62. The molecule has 2 heterocycles. The first-order chi connectivity index (χ1) is 12.4. The van der Waals surface area contributed by atoms with Crippen molar-refractivity contribution < 1.29 is 22.7 Å². The van der Waals surface area contributed by atoms with E-state index in [0.717, 1.165) is 5.56 Å². The number of carbonyl (C=O) groups excluding carboxylic acids is 1. The van der Waals surface area contributed by atoms with Crippen molar-refractivity contribution in [2.45, 2.75) is 12.8 Å². The van der Waals surface area contributed by atoms with Crippen molar-refractivity contribution in [2.24, 2.45) is 0 Å². The second-order valence-electron chi connectivity index (χ2n) is 5.44. The molecule has 0 amide bonds. The van der Waals surface area contributed by atoms with Crippen LogP contribution in [0.25, 0.3) is 11.3 Å². The van der Waals surface area contributed by atoms with E-state index in [4.69, 9.17) is 0 Å². The number of alkyl halides is 3. The number of pyridine rings is 2. The summed E-state index contributed by atoms with van der Waals surface area (Å²) in [6, 6.07) is 13.9. The molecule has 1 aromatic carbocycles. The molecule has 0 atom stereocenters. The number of halogens is 3. The second kappa shape index (κ2) is 7.35. The Bertz CT molecular complexity index is 895. The zero-order chi connectivity index (χ0) is 18.6. The van der Waals surface area contributed by atoms with Crippen LogP contribution in [0.1, 0.15) is 16.1 Å². The van der Waals surface area contributed by atoms with Gasteiger partial charge in [0.1, 0.15) is 11.4 Å². The van der Waals surface area contributed by atoms with Gasteiger partial charge in [-0.2, -0.15) is 0 Å². The topological polar surface area (TPSA) is 52.1 Å². The Balaban J connectivity index is 1.76. The number of rotatable bonds is 5. The number of carbonyl (C=O) groups is 1. The third kappa shape index (κ3) is 4.66. The number of benzene rings is 1. The highest BCUT2D eigenvalue weighted by Crippen LogP contribution is 2.26. The first kappa shape index (κ1) is 17.6. The monoisotopic (exact) mass is 358 g/mol. The van der Waals surface area contributed by atoms with Crippen molar-refractivity contribution in [2.75, 3.05) is 0 Å². The summed E-state index contributed by atoms with van der Waals surface area (Å²) < 4.78 is 40.5. The van der Waals surface area contributed by atoms with Gasteiger partial charge < -0.3 is 4.74 Å². The van der Waals surface area contributed by atoms with Crippen molar-refractivity contribution in [3.63, 3.8) is 0 Å². The molecule has 0 aliphatic heterocycles. The normalized spacial score (nSPS) is 11.2. The Morgan fingerprint density at radius 2 is 1.73 bits per heavy atom. The third-order valence-electron chi connectivity index (χ3n) is 3.52. The molecule has 0 saturated carbocycles. The number of aromatic nitrogens is 2. The minimum atomic E-state index is -4.73. The van der Waals surface area contributed by atoms with E-state index in [0.29, 0.717) is 17.0 Å². The van der Waals surface area contributed by atoms with Crippen LogP contribution >= 0.6 is 0 Å². The molecule has 3 aromatic rings. The van der Waals surface area contributed by atoms with Crippen LogP contribution in [0.2, 0.25) is 0 Å². The molecule has 0 bridgehead atoms. The summed E-state index contributed by atoms with van der Waals surface area (Å²) in [5.74, 6) is -0.431. The van der Waals surface area contributed by atoms with E-state index in [1.807, 2.05) is 0 Å². The molecule has 0 saturated heterocycles. The van der Waals surface area contributed by atoms with Crippen LogP contribution in [0, 0.1) is 0 Å². The van der Waals surface area contributed by atoms with Gasteiger partial charge in [-0.15, -0.1) is 13.2 Å². The van der Waals surface area contributed by atoms with Gasteiger partial charge in [-0.25, -0.2) is 0 Å². The van der Waals surface area contributed by atoms with Gasteiger partial charge in [-0.05, 0) is 54.1 Å². The van der Waals surface area contributed by atoms with E-state index >= 15 is 0 Å².